The van der Waals surface area contributed by atoms with Gasteiger partial charge in [0.05, 0.1) is 25.3 Å². The number of alkyl halides is 3. The van der Waals surface area contributed by atoms with Crippen LogP contribution in [0, 0.1) is 0 Å². The fourth-order valence-electron chi connectivity index (χ4n) is 2.04. The lowest BCUT2D eigenvalue weighted by atomic mass is 10.0. The molecule has 0 saturated heterocycles. The fraction of sp³-hybridized carbons (Fsp3) is 0.188. The number of esters is 1. The van der Waals surface area contributed by atoms with Gasteiger partial charge in [0.15, 0.2) is 0 Å². The van der Waals surface area contributed by atoms with E-state index in [0.29, 0.717) is 16.9 Å². The van der Waals surface area contributed by atoms with Gasteiger partial charge in [0.25, 0.3) is 0 Å². The summed E-state index contributed by atoms with van der Waals surface area (Å²) in [6, 6.07) is 9.34. The Balaban J connectivity index is 2.51. The van der Waals surface area contributed by atoms with E-state index < -0.39 is 17.7 Å². The molecule has 0 spiro atoms. The molecule has 116 valence electrons. The van der Waals surface area contributed by atoms with Crippen LogP contribution in [-0.2, 0) is 10.9 Å². The summed E-state index contributed by atoms with van der Waals surface area (Å²) in [4.78, 5) is 11.5. The Bertz CT molecular complexity index is 693. The lowest BCUT2D eigenvalue weighted by Gasteiger charge is -2.12. The third-order valence-electron chi connectivity index (χ3n) is 3.12. The summed E-state index contributed by atoms with van der Waals surface area (Å²) in [5.74, 6) is -0.254. The van der Waals surface area contributed by atoms with Gasteiger partial charge in [-0.05, 0) is 35.9 Å². The average Bonchev–Trinajstić information content (AvgIpc) is 2.52. The molecule has 3 nitrogen and oxygen atoms in total. The number of carbonyl (C=O) groups is 1. The van der Waals surface area contributed by atoms with Gasteiger partial charge >= 0.3 is 12.1 Å². The van der Waals surface area contributed by atoms with Gasteiger partial charge in [0, 0.05) is 5.56 Å². The lowest BCUT2D eigenvalue weighted by molar-refractivity contribution is -0.137. The number of benzene rings is 2. The van der Waals surface area contributed by atoms with Gasteiger partial charge in [0.1, 0.15) is 5.75 Å². The second kappa shape index (κ2) is 6.09. The molecule has 2 rings (SSSR count). The number of carbonyl (C=O) groups excluding carboxylic acids is 1. The Kier molecular flexibility index (Phi) is 4.40. The molecule has 0 atom stereocenters. The summed E-state index contributed by atoms with van der Waals surface area (Å²) in [5, 5.41) is 0. The van der Waals surface area contributed by atoms with Gasteiger partial charge in [-0.15, -0.1) is 0 Å². The Morgan fingerprint density at radius 1 is 1.05 bits per heavy atom. The van der Waals surface area contributed by atoms with E-state index in [0.717, 1.165) is 12.1 Å². The van der Waals surface area contributed by atoms with E-state index >= 15 is 0 Å². The summed E-state index contributed by atoms with van der Waals surface area (Å²) in [7, 11) is 2.63. The normalized spacial score (nSPS) is 11.1. The third kappa shape index (κ3) is 3.21. The van der Waals surface area contributed by atoms with Crippen molar-refractivity contribution in [1.82, 2.24) is 0 Å². The number of halogens is 3. The van der Waals surface area contributed by atoms with Gasteiger partial charge in [-0.1, -0.05) is 12.1 Å². The minimum atomic E-state index is -4.42. The molecule has 0 bridgehead atoms. The molecule has 0 aliphatic carbocycles. The highest BCUT2D eigenvalue weighted by Gasteiger charge is 2.30. The van der Waals surface area contributed by atoms with Crippen LogP contribution < -0.4 is 4.74 Å². The van der Waals surface area contributed by atoms with Crippen molar-refractivity contribution in [3.8, 4) is 16.9 Å². The van der Waals surface area contributed by atoms with Crippen LogP contribution >= 0.6 is 0 Å². The summed E-state index contributed by atoms with van der Waals surface area (Å²) in [5.41, 5.74) is 0.323. The Morgan fingerprint density at radius 3 is 2.36 bits per heavy atom. The van der Waals surface area contributed by atoms with Crippen LogP contribution in [0.4, 0.5) is 13.2 Å². The van der Waals surface area contributed by atoms with Crippen molar-refractivity contribution >= 4 is 5.97 Å². The lowest BCUT2D eigenvalue weighted by Crippen LogP contribution is -2.05. The molecule has 0 N–H and O–H groups in total. The molecule has 6 heteroatoms. The monoisotopic (exact) mass is 310 g/mol. The molecule has 0 amide bonds. The third-order valence-corrected chi connectivity index (χ3v) is 3.12. The van der Waals surface area contributed by atoms with Crippen molar-refractivity contribution in [2.24, 2.45) is 0 Å². The molecule has 2 aromatic carbocycles. The van der Waals surface area contributed by atoms with E-state index in [1.165, 1.54) is 38.5 Å². The van der Waals surface area contributed by atoms with Gasteiger partial charge in [0.2, 0.25) is 0 Å². The predicted octanol–water partition coefficient (Wildman–Crippen LogP) is 4.17. The highest BCUT2D eigenvalue weighted by atomic mass is 19.4. The number of ether oxygens (including phenoxy) is 2. The van der Waals surface area contributed by atoms with E-state index in [9.17, 15) is 18.0 Å². The summed E-state index contributed by atoms with van der Waals surface area (Å²) in [6.07, 6.45) is -4.42. The number of hydrogen-bond acceptors (Lipinski definition) is 3. The van der Waals surface area contributed by atoms with Crippen LogP contribution in [0.25, 0.3) is 11.1 Å². The molecule has 0 radical (unpaired) electrons. The first-order valence-corrected chi connectivity index (χ1v) is 6.31. The molecule has 0 heterocycles. The Hall–Kier alpha value is -2.50. The predicted molar refractivity (Wildman–Crippen MR) is 74.8 cm³/mol. The first-order chi connectivity index (χ1) is 10.4. The van der Waals surface area contributed by atoms with Gasteiger partial charge < -0.3 is 9.47 Å². The standard InChI is InChI=1S/C16H13F3O3/c1-21-14-9-11(15(20)22-2)6-7-13(14)10-4-3-5-12(8-10)16(17,18)19/h3-9H,1-2H3. The second-order valence-corrected chi connectivity index (χ2v) is 4.49. The smallest absolute Gasteiger partial charge is 0.416 e. The molecular weight excluding hydrogens is 297 g/mol. The number of hydrogen-bond donors (Lipinski definition) is 0. The van der Waals surface area contributed by atoms with Crippen LogP contribution in [-0.4, -0.2) is 20.2 Å². The van der Waals surface area contributed by atoms with Crippen LogP contribution in [0.15, 0.2) is 42.5 Å². The van der Waals surface area contributed by atoms with Crippen molar-refractivity contribution in [1.29, 1.82) is 0 Å². The van der Waals surface area contributed by atoms with Gasteiger partial charge in [-0.25, -0.2) is 4.79 Å². The molecule has 0 saturated carbocycles. The molecule has 0 aliphatic heterocycles. The topological polar surface area (TPSA) is 35.5 Å². The van der Waals surface area contributed by atoms with Crippen molar-refractivity contribution in [2.45, 2.75) is 6.18 Å². The van der Waals surface area contributed by atoms with Crippen LogP contribution in [0.3, 0.4) is 0 Å². The van der Waals surface area contributed by atoms with E-state index in [1.54, 1.807) is 6.07 Å². The van der Waals surface area contributed by atoms with E-state index in [1.807, 2.05) is 0 Å². The van der Waals surface area contributed by atoms with Crippen molar-refractivity contribution < 1.29 is 27.4 Å². The highest BCUT2D eigenvalue weighted by Crippen LogP contribution is 2.35. The van der Waals surface area contributed by atoms with E-state index in [4.69, 9.17) is 4.74 Å². The van der Waals surface area contributed by atoms with Crippen molar-refractivity contribution in [3.05, 3.63) is 53.6 Å². The molecular formula is C16H13F3O3. The first kappa shape index (κ1) is 15.9. The summed E-state index contributed by atoms with van der Waals surface area (Å²) < 4.78 is 48.1. The van der Waals surface area contributed by atoms with Crippen LogP contribution in [0.2, 0.25) is 0 Å². The van der Waals surface area contributed by atoms with Crippen LogP contribution in [0.1, 0.15) is 15.9 Å². The maximum absolute atomic E-state index is 12.8. The van der Waals surface area contributed by atoms with Crippen molar-refractivity contribution in [3.63, 3.8) is 0 Å². The van der Waals surface area contributed by atoms with Gasteiger partial charge in [-0.2, -0.15) is 13.2 Å². The molecule has 0 aromatic heterocycles. The zero-order chi connectivity index (χ0) is 16.3. The Labute approximate surface area is 125 Å². The zero-order valence-electron chi connectivity index (χ0n) is 11.9. The van der Waals surface area contributed by atoms with E-state index in [2.05, 4.69) is 4.74 Å². The molecule has 22 heavy (non-hydrogen) atoms. The minimum absolute atomic E-state index is 0.259. The van der Waals surface area contributed by atoms with Crippen LogP contribution in [0.5, 0.6) is 5.75 Å². The Morgan fingerprint density at radius 2 is 1.77 bits per heavy atom. The minimum Gasteiger partial charge on any atom is -0.496 e. The first-order valence-electron chi connectivity index (χ1n) is 6.31. The molecule has 2 aromatic rings. The largest absolute Gasteiger partial charge is 0.496 e. The number of methoxy groups -OCH3 is 2. The SMILES string of the molecule is COC(=O)c1ccc(-c2cccc(C(F)(F)F)c2)c(OC)c1. The van der Waals surface area contributed by atoms with Gasteiger partial charge in [-0.3, -0.25) is 0 Å². The quantitative estimate of drug-likeness (QED) is 0.798. The molecule has 0 fully saturated rings. The second-order valence-electron chi connectivity index (χ2n) is 4.49. The highest BCUT2D eigenvalue weighted by molar-refractivity contribution is 5.91. The van der Waals surface area contributed by atoms with Crippen molar-refractivity contribution in [2.75, 3.05) is 14.2 Å². The summed E-state index contributed by atoms with van der Waals surface area (Å²) >= 11 is 0. The molecule has 0 aliphatic rings. The fourth-order valence-corrected chi connectivity index (χ4v) is 2.04. The maximum atomic E-state index is 12.8. The molecule has 0 unspecified atom stereocenters. The maximum Gasteiger partial charge on any atom is 0.416 e. The average molecular weight is 310 g/mol. The zero-order valence-corrected chi connectivity index (χ0v) is 11.9. The number of rotatable bonds is 3. The summed E-state index contributed by atoms with van der Waals surface area (Å²) in [6.45, 7) is 0. The van der Waals surface area contributed by atoms with E-state index in [-0.39, 0.29) is 5.56 Å².